The van der Waals surface area contributed by atoms with Gasteiger partial charge in [-0.3, -0.25) is 4.79 Å². The standard InChI is InChI=1S/C26H31ClO2/c1-26-15-22(17-4-2-16(3-5-17)12-13-27)25-20-9-7-19(28)14-18(20)6-8-21(25)23(26)10-11-24(26)29/h2-5,14,21-24,29H,6-13,15H2,1H3/t21-,22?,23-,24?,26-/m0/s1. The first kappa shape index (κ1) is 19.6. The van der Waals surface area contributed by atoms with Crippen molar-refractivity contribution in [2.24, 2.45) is 17.3 Å². The summed E-state index contributed by atoms with van der Waals surface area (Å²) in [5.41, 5.74) is 7.05. The predicted octanol–water partition coefficient (Wildman–Crippen LogP) is 5.73. The highest BCUT2D eigenvalue weighted by Gasteiger charge is 2.56. The smallest absolute Gasteiger partial charge is 0.156 e. The van der Waals surface area contributed by atoms with Crippen LogP contribution in [0.2, 0.25) is 0 Å². The number of allylic oxidation sites excluding steroid dienone is 4. The number of halogens is 1. The number of ketones is 1. The number of aliphatic hydroxyl groups excluding tert-OH is 1. The maximum Gasteiger partial charge on any atom is 0.156 e. The minimum absolute atomic E-state index is 0.0000921. The SMILES string of the molecule is C[C@]12CC(c3ccc(CCCl)cc3)C3=C4CCC(=O)C=C4CC[C@H]3[C@@H]1CCC2O. The number of rotatable bonds is 3. The first-order valence-electron chi connectivity index (χ1n) is 11.3. The molecule has 0 spiro atoms. The van der Waals surface area contributed by atoms with Gasteiger partial charge in [-0.25, -0.2) is 0 Å². The highest BCUT2D eigenvalue weighted by molar-refractivity contribution is 6.17. The summed E-state index contributed by atoms with van der Waals surface area (Å²) in [4.78, 5) is 12.1. The lowest BCUT2D eigenvalue weighted by molar-refractivity contribution is -0.114. The third-order valence-electron chi connectivity index (χ3n) is 8.45. The van der Waals surface area contributed by atoms with Gasteiger partial charge < -0.3 is 5.11 Å². The molecule has 0 saturated heterocycles. The highest BCUT2D eigenvalue weighted by Crippen LogP contribution is 2.63. The summed E-state index contributed by atoms with van der Waals surface area (Å²) in [6, 6.07) is 9.02. The number of carbonyl (C=O) groups is 1. The Morgan fingerprint density at radius 3 is 2.66 bits per heavy atom. The minimum Gasteiger partial charge on any atom is -0.393 e. The molecule has 2 unspecified atom stereocenters. The zero-order valence-corrected chi connectivity index (χ0v) is 18.0. The van der Waals surface area contributed by atoms with E-state index in [2.05, 4.69) is 31.2 Å². The third-order valence-corrected chi connectivity index (χ3v) is 8.64. The largest absolute Gasteiger partial charge is 0.393 e. The van der Waals surface area contributed by atoms with E-state index in [1.165, 1.54) is 22.3 Å². The van der Waals surface area contributed by atoms with E-state index in [9.17, 15) is 9.90 Å². The van der Waals surface area contributed by atoms with Crippen molar-refractivity contribution in [3.8, 4) is 0 Å². The quantitative estimate of drug-likeness (QED) is 0.646. The first-order valence-corrected chi connectivity index (χ1v) is 11.8. The van der Waals surface area contributed by atoms with Gasteiger partial charge in [0.2, 0.25) is 0 Å². The molecular weight excluding hydrogens is 380 g/mol. The Morgan fingerprint density at radius 2 is 1.90 bits per heavy atom. The Labute approximate surface area is 179 Å². The lowest BCUT2D eigenvalue weighted by atomic mass is 9.53. The van der Waals surface area contributed by atoms with Crippen LogP contribution >= 0.6 is 11.6 Å². The molecule has 2 nitrogen and oxygen atoms in total. The van der Waals surface area contributed by atoms with Crippen molar-refractivity contribution in [2.45, 2.75) is 70.3 Å². The number of alkyl halides is 1. The van der Waals surface area contributed by atoms with Crippen LogP contribution in [0.3, 0.4) is 0 Å². The third kappa shape index (κ3) is 3.15. The molecule has 0 amide bonds. The van der Waals surface area contributed by atoms with Crippen LogP contribution in [-0.2, 0) is 11.2 Å². The number of aliphatic hydroxyl groups is 1. The lowest BCUT2D eigenvalue weighted by Gasteiger charge is -2.52. The van der Waals surface area contributed by atoms with Crippen LogP contribution in [0.1, 0.15) is 68.9 Å². The van der Waals surface area contributed by atoms with Gasteiger partial charge >= 0.3 is 0 Å². The molecule has 4 aliphatic rings. The molecule has 5 rings (SSSR count). The molecule has 4 aliphatic carbocycles. The maximum absolute atomic E-state index is 12.1. The van der Waals surface area contributed by atoms with Gasteiger partial charge in [0.15, 0.2) is 5.78 Å². The zero-order valence-electron chi connectivity index (χ0n) is 17.3. The van der Waals surface area contributed by atoms with Crippen LogP contribution < -0.4 is 0 Å². The van der Waals surface area contributed by atoms with Crippen molar-refractivity contribution in [1.29, 1.82) is 0 Å². The van der Waals surface area contributed by atoms with Gasteiger partial charge in [-0.15, -0.1) is 11.6 Å². The summed E-state index contributed by atoms with van der Waals surface area (Å²) >= 11 is 5.93. The topological polar surface area (TPSA) is 37.3 Å². The summed E-state index contributed by atoms with van der Waals surface area (Å²) in [6.45, 7) is 2.33. The number of aryl methyl sites for hydroxylation is 1. The Kier molecular flexibility index (Phi) is 4.99. The number of carbonyl (C=O) groups excluding carboxylic acids is 1. The average molecular weight is 411 g/mol. The van der Waals surface area contributed by atoms with Crippen molar-refractivity contribution in [1.82, 2.24) is 0 Å². The molecule has 0 aromatic heterocycles. The number of benzene rings is 1. The molecule has 2 saturated carbocycles. The molecular formula is C26H31ClO2. The average Bonchev–Trinajstić information content (AvgIpc) is 3.02. The van der Waals surface area contributed by atoms with Crippen molar-refractivity contribution in [2.75, 3.05) is 5.88 Å². The Hall–Kier alpha value is -1.38. The van der Waals surface area contributed by atoms with Gasteiger partial charge in [0, 0.05) is 18.2 Å². The van der Waals surface area contributed by atoms with Gasteiger partial charge in [0.05, 0.1) is 6.10 Å². The van der Waals surface area contributed by atoms with Crippen molar-refractivity contribution >= 4 is 17.4 Å². The van der Waals surface area contributed by atoms with E-state index in [4.69, 9.17) is 11.6 Å². The molecule has 154 valence electrons. The van der Waals surface area contributed by atoms with Crippen LogP contribution in [0.15, 0.2) is 47.1 Å². The molecule has 1 aromatic rings. The minimum atomic E-state index is -0.193. The van der Waals surface area contributed by atoms with Crippen LogP contribution in [0.5, 0.6) is 0 Å². The Morgan fingerprint density at radius 1 is 1.10 bits per heavy atom. The van der Waals surface area contributed by atoms with Gasteiger partial charge in [0.25, 0.3) is 0 Å². The fourth-order valence-corrected chi connectivity index (χ4v) is 7.18. The van der Waals surface area contributed by atoms with E-state index in [0.717, 1.165) is 44.9 Å². The van der Waals surface area contributed by atoms with E-state index >= 15 is 0 Å². The molecule has 29 heavy (non-hydrogen) atoms. The predicted molar refractivity (Wildman–Crippen MR) is 117 cm³/mol. The second-order valence-corrected chi connectivity index (χ2v) is 10.2. The second kappa shape index (κ2) is 7.39. The molecule has 1 aromatic carbocycles. The van der Waals surface area contributed by atoms with E-state index in [0.29, 0.717) is 35.8 Å². The molecule has 0 heterocycles. The monoisotopic (exact) mass is 410 g/mol. The van der Waals surface area contributed by atoms with Gasteiger partial charge in [-0.2, -0.15) is 0 Å². The van der Waals surface area contributed by atoms with Gasteiger partial charge in [-0.1, -0.05) is 36.8 Å². The molecule has 5 atom stereocenters. The summed E-state index contributed by atoms with van der Waals surface area (Å²) in [7, 11) is 0. The summed E-state index contributed by atoms with van der Waals surface area (Å²) in [6.07, 6.45) is 9.44. The van der Waals surface area contributed by atoms with Crippen molar-refractivity contribution in [3.05, 3.63) is 58.2 Å². The number of hydrogen-bond donors (Lipinski definition) is 1. The van der Waals surface area contributed by atoms with Crippen molar-refractivity contribution < 1.29 is 9.90 Å². The van der Waals surface area contributed by atoms with Gasteiger partial charge in [0.1, 0.15) is 0 Å². The highest BCUT2D eigenvalue weighted by atomic mass is 35.5. The molecule has 2 fully saturated rings. The fourth-order valence-electron chi connectivity index (χ4n) is 6.96. The Balaban J connectivity index is 1.62. The second-order valence-electron chi connectivity index (χ2n) is 9.86. The van der Waals surface area contributed by atoms with E-state index in [1.54, 1.807) is 5.57 Å². The zero-order chi connectivity index (χ0) is 20.2. The summed E-state index contributed by atoms with van der Waals surface area (Å²) < 4.78 is 0. The normalized spacial score (nSPS) is 36.4. The van der Waals surface area contributed by atoms with E-state index in [-0.39, 0.29) is 11.5 Å². The van der Waals surface area contributed by atoms with E-state index in [1.807, 2.05) is 6.08 Å². The summed E-state index contributed by atoms with van der Waals surface area (Å²) in [5.74, 6) is 2.42. The lowest BCUT2D eigenvalue weighted by Crippen LogP contribution is -2.45. The number of hydrogen-bond acceptors (Lipinski definition) is 2. The van der Waals surface area contributed by atoms with Crippen LogP contribution in [0, 0.1) is 17.3 Å². The number of fused-ring (bicyclic) bond motifs is 4. The fraction of sp³-hybridized carbons (Fsp3) is 0.577. The molecule has 0 radical (unpaired) electrons. The molecule has 0 bridgehead atoms. The maximum atomic E-state index is 12.1. The molecule has 3 heteroatoms. The molecule has 0 aliphatic heterocycles. The van der Waals surface area contributed by atoms with Crippen molar-refractivity contribution in [3.63, 3.8) is 0 Å². The van der Waals surface area contributed by atoms with Gasteiger partial charge in [-0.05, 0) is 90.5 Å². The first-order chi connectivity index (χ1) is 14.0. The van der Waals surface area contributed by atoms with Crippen LogP contribution in [0.25, 0.3) is 0 Å². The van der Waals surface area contributed by atoms with E-state index < -0.39 is 0 Å². The Bertz CT molecular complexity index is 880. The van der Waals surface area contributed by atoms with Crippen LogP contribution in [-0.4, -0.2) is 22.9 Å². The molecule has 1 N–H and O–H groups in total. The summed E-state index contributed by atoms with van der Waals surface area (Å²) in [5, 5.41) is 10.9. The van der Waals surface area contributed by atoms with Crippen LogP contribution in [0.4, 0.5) is 0 Å².